The van der Waals surface area contributed by atoms with Gasteiger partial charge in [0.15, 0.2) is 5.96 Å². The topological polar surface area (TPSA) is 54.7 Å². The summed E-state index contributed by atoms with van der Waals surface area (Å²) in [6.45, 7) is 6.29. The average molecular weight is 473 g/mol. The molecule has 1 saturated heterocycles. The average Bonchev–Trinajstić information content (AvgIpc) is 3.08. The van der Waals surface area contributed by atoms with Gasteiger partial charge in [-0.15, -0.1) is 24.0 Å². The lowest BCUT2D eigenvalue weighted by Gasteiger charge is -2.34. The molecule has 0 spiro atoms. The Bertz CT molecular complexity index is 613. The Morgan fingerprint density at radius 3 is 3.00 bits per heavy atom. The summed E-state index contributed by atoms with van der Waals surface area (Å²) in [7, 11) is 1.94. The summed E-state index contributed by atoms with van der Waals surface area (Å²) < 4.78 is 7.78. The van der Waals surface area contributed by atoms with Gasteiger partial charge < -0.3 is 15.0 Å². The van der Waals surface area contributed by atoms with Crippen LogP contribution in [0.25, 0.3) is 0 Å². The molecule has 1 aliphatic carbocycles. The first kappa shape index (κ1) is 21.2. The molecule has 6 nitrogen and oxygen atoms in total. The summed E-state index contributed by atoms with van der Waals surface area (Å²) in [6, 6.07) is 0. The lowest BCUT2D eigenvalue weighted by Crippen LogP contribution is -2.48. The zero-order valence-electron chi connectivity index (χ0n) is 16.0. The lowest BCUT2D eigenvalue weighted by atomic mass is 9.97. The molecule has 1 fully saturated rings. The van der Waals surface area contributed by atoms with Crippen molar-refractivity contribution in [3.8, 4) is 0 Å². The molecule has 2 heterocycles. The fourth-order valence-electron chi connectivity index (χ4n) is 3.51. The highest BCUT2D eigenvalue weighted by molar-refractivity contribution is 14.0. The highest BCUT2D eigenvalue weighted by Gasteiger charge is 2.25. The number of aryl methyl sites for hydroxylation is 1. The fourth-order valence-corrected chi connectivity index (χ4v) is 3.51. The SMILES string of the molecule is CCNC(=NCCC1=CCCCC1)N1CCOC(c2cnn(C)c2)C1.I. The van der Waals surface area contributed by atoms with E-state index >= 15 is 0 Å². The summed E-state index contributed by atoms with van der Waals surface area (Å²) >= 11 is 0. The van der Waals surface area contributed by atoms with Gasteiger partial charge in [-0.25, -0.2) is 0 Å². The van der Waals surface area contributed by atoms with Crippen LogP contribution in [-0.2, 0) is 11.8 Å². The van der Waals surface area contributed by atoms with Gasteiger partial charge in [0.1, 0.15) is 6.10 Å². The number of rotatable bonds is 5. The quantitative estimate of drug-likeness (QED) is 0.309. The standard InChI is InChI=1S/C19H31N5O.HI/c1-3-20-19(21-10-9-16-7-5-4-6-8-16)24-11-12-25-18(15-24)17-13-22-23(2)14-17;/h7,13-14,18H,3-6,8-12,15H2,1-2H3,(H,20,21);1H. The van der Waals surface area contributed by atoms with Gasteiger partial charge in [-0.1, -0.05) is 11.6 Å². The third-order valence-corrected chi connectivity index (χ3v) is 4.88. The van der Waals surface area contributed by atoms with Gasteiger partial charge in [0.2, 0.25) is 0 Å². The van der Waals surface area contributed by atoms with E-state index in [1.807, 2.05) is 24.1 Å². The van der Waals surface area contributed by atoms with E-state index in [0.717, 1.165) is 50.7 Å². The van der Waals surface area contributed by atoms with Crippen molar-refractivity contribution in [1.82, 2.24) is 20.0 Å². The molecule has 0 radical (unpaired) electrons. The van der Waals surface area contributed by atoms with E-state index in [2.05, 4.69) is 28.3 Å². The number of morpholine rings is 1. The number of aromatic nitrogens is 2. The Kier molecular flexibility index (Phi) is 8.90. The molecule has 0 bridgehead atoms. The molecule has 1 N–H and O–H groups in total. The van der Waals surface area contributed by atoms with Gasteiger partial charge >= 0.3 is 0 Å². The molecule has 0 amide bonds. The summed E-state index contributed by atoms with van der Waals surface area (Å²) in [4.78, 5) is 7.20. The van der Waals surface area contributed by atoms with Gasteiger partial charge in [-0.05, 0) is 39.0 Å². The smallest absolute Gasteiger partial charge is 0.194 e. The molecule has 146 valence electrons. The number of nitrogens with one attached hydrogen (secondary N) is 1. The van der Waals surface area contributed by atoms with Crippen LogP contribution in [0.5, 0.6) is 0 Å². The van der Waals surface area contributed by atoms with Crippen LogP contribution in [0, 0.1) is 0 Å². The van der Waals surface area contributed by atoms with Crippen LogP contribution in [-0.4, -0.2) is 53.4 Å². The van der Waals surface area contributed by atoms with Crippen LogP contribution in [0.4, 0.5) is 0 Å². The molecular formula is C19H32IN5O. The second-order valence-electron chi connectivity index (χ2n) is 6.85. The Morgan fingerprint density at radius 1 is 1.42 bits per heavy atom. The molecule has 26 heavy (non-hydrogen) atoms. The molecule has 1 unspecified atom stereocenters. The van der Waals surface area contributed by atoms with Crippen LogP contribution in [0.15, 0.2) is 29.0 Å². The Labute approximate surface area is 174 Å². The molecule has 7 heteroatoms. The number of ether oxygens (including phenoxy) is 1. The second kappa shape index (κ2) is 10.9. The Hall–Kier alpha value is -1.09. The zero-order valence-corrected chi connectivity index (χ0v) is 18.3. The molecule has 3 rings (SSSR count). The first-order chi connectivity index (χ1) is 12.3. The van der Waals surface area contributed by atoms with Crippen molar-refractivity contribution >= 4 is 29.9 Å². The molecule has 1 aromatic rings. The van der Waals surface area contributed by atoms with Crippen molar-refractivity contribution in [1.29, 1.82) is 0 Å². The highest BCUT2D eigenvalue weighted by Crippen LogP contribution is 2.22. The van der Waals surface area contributed by atoms with E-state index < -0.39 is 0 Å². The number of hydrogen-bond donors (Lipinski definition) is 1. The number of allylic oxidation sites excluding steroid dienone is 1. The van der Waals surface area contributed by atoms with Crippen molar-refractivity contribution in [3.05, 3.63) is 29.6 Å². The van der Waals surface area contributed by atoms with Crippen LogP contribution in [0.2, 0.25) is 0 Å². The summed E-state index contributed by atoms with van der Waals surface area (Å²) in [5.41, 5.74) is 2.72. The molecule has 0 saturated carbocycles. The monoisotopic (exact) mass is 473 g/mol. The summed E-state index contributed by atoms with van der Waals surface area (Å²) in [6.07, 6.45) is 12.7. The molecule has 2 aliphatic rings. The number of hydrogen-bond acceptors (Lipinski definition) is 3. The zero-order chi connectivity index (χ0) is 17.5. The van der Waals surface area contributed by atoms with E-state index in [4.69, 9.17) is 9.73 Å². The Balaban J connectivity index is 0.00000243. The third-order valence-electron chi connectivity index (χ3n) is 4.88. The largest absolute Gasteiger partial charge is 0.370 e. The maximum Gasteiger partial charge on any atom is 0.194 e. The van der Waals surface area contributed by atoms with Gasteiger partial charge in [-0.2, -0.15) is 5.10 Å². The normalized spacial score (nSPS) is 21.2. The summed E-state index contributed by atoms with van der Waals surface area (Å²) in [5, 5.41) is 7.71. The van der Waals surface area contributed by atoms with Crippen molar-refractivity contribution in [2.75, 3.05) is 32.8 Å². The predicted molar refractivity (Wildman–Crippen MR) is 116 cm³/mol. The van der Waals surface area contributed by atoms with Gasteiger partial charge in [0.05, 0.1) is 19.3 Å². The van der Waals surface area contributed by atoms with Crippen molar-refractivity contribution in [2.24, 2.45) is 12.0 Å². The first-order valence-corrected chi connectivity index (χ1v) is 9.57. The third kappa shape index (κ3) is 5.97. The van der Waals surface area contributed by atoms with Crippen LogP contribution >= 0.6 is 24.0 Å². The number of halogens is 1. The number of guanidine groups is 1. The first-order valence-electron chi connectivity index (χ1n) is 9.57. The van der Waals surface area contributed by atoms with Crippen molar-refractivity contribution < 1.29 is 4.74 Å². The van der Waals surface area contributed by atoms with E-state index in [1.165, 1.54) is 25.7 Å². The summed E-state index contributed by atoms with van der Waals surface area (Å²) in [5.74, 6) is 1.01. The Morgan fingerprint density at radius 2 is 2.31 bits per heavy atom. The molecule has 0 aromatic carbocycles. The molecule has 1 aromatic heterocycles. The van der Waals surface area contributed by atoms with Crippen LogP contribution in [0.3, 0.4) is 0 Å². The maximum absolute atomic E-state index is 5.95. The van der Waals surface area contributed by atoms with E-state index in [-0.39, 0.29) is 30.1 Å². The fraction of sp³-hybridized carbons (Fsp3) is 0.684. The lowest BCUT2D eigenvalue weighted by molar-refractivity contribution is -0.00803. The second-order valence-corrected chi connectivity index (χ2v) is 6.85. The number of nitrogens with zero attached hydrogens (tertiary/aromatic N) is 4. The maximum atomic E-state index is 5.95. The van der Waals surface area contributed by atoms with Crippen molar-refractivity contribution in [3.63, 3.8) is 0 Å². The van der Waals surface area contributed by atoms with Crippen molar-refractivity contribution in [2.45, 2.75) is 45.1 Å². The molecule has 1 aliphatic heterocycles. The molecule has 1 atom stereocenters. The minimum atomic E-state index is 0. The minimum absolute atomic E-state index is 0. The highest BCUT2D eigenvalue weighted by atomic mass is 127. The van der Waals surface area contributed by atoms with Crippen LogP contribution < -0.4 is 5.32 Å². The van der Waals surface area contributed by atoms with E-state index in [1.54, 1.807) is 5.57 Å². The van der Waals surface area contributed by atoms with E-state index in [9.17, 15) is 0 Å². The van der Waals surface area contributed by atoms with Gasteiger partial charge in [0, 0.05) is 38.4 Å². The van der Waals surface area contributed by atoms with Gasteiger partial charge in [-0.3, -0.25) is 9.67 Å². The van der Waals surface area contributed by atoms with E-state index in [0.29, 0.717) is 0 Å². The minimum Gasteiger partial charge on any atom is -0.370 e. The number of aliphatic imine (C=N–C) groups is 1. The van der Waals surface area contributed by atoms with Crippen LogP contribution in [0.1, 0.15) is 50.7 Å². The molecular weight excluding hydrogens is 441 g/mol. The predicted octanol–water partition coefficient (Wildman–Crippen LogP) is 3.27. The van der Waals surface area contributed by atoms with Gasteiger partial charge in [0.25, 0.3) is 0 Å².